The highest BCUT2D eigenvalue weighted by atomic mass is 19.4. The van der Waals surface area contributed by atoms with Gasteiger partial charge in [-0.15, -0.1) is 0 Å². The first kappa shape index (κ1) is 15.4. The standard InChI is InChI=1S/C12H8F6N2O/c13-11(14,15)8-4-19-20(5-8)10-2-1-7(6-21)3-9(10)12(16,17)18/h1-5,21H,6H2. The Balaban J connectivity index is 2.56. The molecule has 0 bridgehead atoms. The van der Waals surface area contributed by atoms with Crippen molar-refractivity contribution < 1.29 is 31.4 Å². The Kier molecular flexibility index (Phi) is 3.70. The summed E-state index contributed by atoms with van der Waals surface area (Å²) in [5, 5.41) is 12.2. The zero-order valence-corrected chi connectivity index (χ0v) is 10.2. The molecule has 0 unspecified atom stereocenters. The van der Waals surface area contributed by atoms with Gasteiger partial charge < -0.3 is 5.11 Å². The summed E-state index contributed by atoms with van der Waals surface area (Å²) in [6.07, 6.45) is -8.56. The Morgan fingerprint density at radius 3 is 2.19 bits per heavy atom. The fourth-order valence-corrected chi connectivity index (χ4v) is 1.71. The average Bonchev–Trinajstić information content (AvgIpc) is 2.86. The van der Waals surface area contributed by atoms with Crippen molar-refractivity contribution in [3.05, 3.63) is 47.3 Å². The molecule has 0 aliphatic rings. The lowest BCUT2D eigenvalue weighted by atomic mass is 10.1. The number of aliphatic hydroxyl groups excluding tert-OH is 1. The monoisotopic (exact) mass is 310 g/mol. The van der Waals surface area contributed by atoms with E-state index in [-0.39, 0.29) is 5.56 Å². The van der Waals surface area contributed by atoms with Gasteiger partial charge in [-0.3, -0.25) is 0 Å². The summed E-state index contributed by atoms with van der Waals surface area (Å²) >= 11 is 0. The van der Waals surface area contributed by atoms with Gasteiger partial charge in [0.05, 0.1) is 29.6 Å². The van der Waals surface area contributed by atoms with Gasteiger partial charge in [0.25, 0.3) is 0 Å². The van der Waals surface area contributed by atoms with Crippen LogP contribution in [0.15, 0.2) is 30.6 Å². The molecule has 0 saturated carbocycles. The number of aromatic nitrogens is 2. The Labute approximate surface area is 114 Å². The van der Waals surface area contributed by atoms with Crippen molar-refractivity contribution in [3.8, 4) is 5.69 Å². The van der Waals surface area contributed by atoms with E-state index < -0.39 is 35.8 Å². The van der Waals surface area contributed by atoms with Crippen LogP contribution in [-0.2, 0) is 19.0 Å². The van der Waals surface area contributed by atoms with E-state index in [1.54, 1.807) is 0 Å². The van der Waals surface area contributed by atoms with E-state index in [2.05, 4.69) is 5.10 Å². The smallest absolute Gasteiger partial charge is 0.392 e. The second kappa shape index (κ2) is 5.06. The third-order valence-electron chi connectivity index (χ3n) is 2.71. The van der Waals surface area contributed by atoms with Crippen molar-refractivity contribution in [1.29, 1.82) is 0 Å². The molecule has 1 heterocycles. The normalized spacial score (nSPS) is 12.7. The quantitative estimate of drug-likeness (QED) is 0.863. The van der Waals surface area contributed by atoms with Gasteiger partial charge in [-0.25, -0.2) is 4.68 Å². The van der Waals surface area contributed by atoms with Gasteiger partial charge >= 0.3 is 12.4 Å². The van der Waals surface area contributed by atoms with Crippen molar-refractivity contribution >= 4 is 0 Å². The maximum absolute atomic E-state index is 12.9. The fraction of sp³-hybridized carbons (Fsp3) is 0.250. The van der Waals surface area contributed by atoms with E-state index in [9.17, 15) is 26.3 Å². The molecule has 0 atom stereocenters. The largest absolute Gasteiger partial charge is 0.419 e. The second-order valence-corrected chi connectivity index (χ2v) is 4.18. The molecule has 0 radical (unpaired) electrons. The molecule has 3 nitrogen and oxygen atoms in total. The highest BCUT2D eigenvalue weighted by Gasteiger charge is 2.36. The van der Waals surface area contributed by atoms with Gasteiger partial charge in [-0.05, 0) is 17.7 Å². The van der Waals surface area contributed by atoms with Gasteiger partial charge in [0.1, 0.15) is 0 Å². The molecule has 21 heavy (non-hydrogen) atoms. The average molecular weight is 310 g/mol. The molecule has 0 aliphatic carbocycles. The van der Waals surface area contributed by atoms with Crippen molar-refractivity contribution in [2.45, 2.75) is 19.0 Å². The lowest BCUT2D eigenvalue weighted by Gasteiger charge is -2.14. The van der Waals surface area contributed by atoms with Crippen molar-refractivity contribution in [2.24, 2.45) is 0 Å². The molecular formula is C12H8F6N2O. The Morgan fingerprint density at radius 1 is 1.05 bits per heavy atom. The van der Waals surface area contributed by atoms with E-state index in [1.165, 1.54) is 6.07 Å². The molecule has 1 N–H and O–H groups in total. The number of nitrogens with zero attached hydrogens (tertiary/aromatic N) is 2. The van der Waals surface area contributed by atoms with E-state index in [0.717, 1.165) is 6.07 Å². The van der Waals surface area contributed by atoms with Crippen molar-refractivity contribution in [3.63, 3.8) is 0 Å². The second-order valence-electron chi connectivity index (χ2n) is 4.18. The summed E-state index contributed by atoms with van der Waals surface area (Å²) in [6, 6.07) is 2.81. The number of halogens is 6. The van der Waals surface area contributed by atoms with Crippen LogP contribution < -0.4 is 0 Å². The van der Waals surface area contributed by atoms with Crippen molar-refractivity contribution in [2.75, 3.05) is 0 Å². The number of hydrogen-bond donors (Lipinski definition) is 1. The highest BCUT2D eigenvalue weighted by Crippen LogP contribution is 2.35. The van der Waals surface area contributed by atoms with E-state index in [1.807, 2.05) is 0 Å². The maximum atomic E-state index is 12.9. The van der Waals surface area contributed by atoms with Crippen molar-refractivity contribution in [1.82, 2.24) is 9.78 Å². The lowest BCUT2D eigenvalue weighted by molar-refractivity contribution is -0.138. The molecular weight excluding hydrogens is 302 g/mol. The number of benzene rings is 1. The SMILES string of the molecule is OCc1ccc(-n2cc(C(F)(F)F)cn2)c(C(F)(F)F)c1. The molecule has 0 amide bonds. The summed E-state index contributed by atoms with van der Waals surface area (Å²) < 4.78 is 76.7. The van der Waals surface area contributed by atoms with Crippen LogP contribution >= 0.6 is 0 Å². The van der Waals surface area contributed by atoms with E-state index >= 15 is 0 Å². The number of aliphatic hydroxyl groups is 1. The summed E-state index contributed by atoms with van der Waals surface area (Å²) in [4.78, 5) is 0. The number of alkyl halides is 6. The third kappa shape index (κ3) is 3.18. The molecule has 1 aromatic carbocycles. The lowest BCUT2D eigenvalue weighted by Crippen LogP contribution is -2.12. The molecule has 2 rings (SSSR count). The van der Waals surface area contributed by atoms with Gasteiger partial charge in [0, 0.05) is 6.20 Å². The number of rotatable bonds is 2. The fourth-order valence-electron chi connectivity index (χ4n) is 1.71. The van der Waals surface area contributed by atoms with Gasteiger partial charge in [0.2, 0.25) is 0 Å². The Hall–Kier alpha value is -2.03. The molecule has 0 fully saturated rings. The molecule has 0 aliphatic heterocycles. The van der Waals surface area contributed by atoms with Gasteiger partial charge in [-0.1, -0.05) is 6.07 Å². The Morgan fingerprint density at radius 2 is 1.71 bits per heavy atom. The van der Waals surface area contributed by atoms with Gasteiger partial charge in [-0.2, -0.15) is 31.4 Å². The summed E-state index contributed by atoms with van der Waals surface area (Å²) in [6.45, 7) is -0.615. The van der Waals surface area contributed by atoms with E-state index in [4.69, 9.17) is 5.11 Å². The first-order valence-corrected chi connectivity index (χ1v) is 5.56. The molecule has 2 aromatic rings. The predicted octanol–water partition coefficient (Wildman–Crippen LogP) is 3.40. The maximum Gasteiger partial charge on any atom is 0.419 e. The van der Waals surface area contributed by atoms with Crippen LogP contribution in [0.5, 0.6) is 0 Å². The molecule has 1 aromatic heterocycles. The van der Waals surface area contributed by atoms with Gasteiger partial charge in [0.15, 0.2) is 0 Å². The molecule has 0 spiro atoms. The van der Waals surface area contributed by atoms with Crippen LogP contribution in [0.25, 0.3) is 5.69 Å². The summed E-state index contributed by atoms with van der Waals surface area (Å²) in [7, 11) is 0. The minimum absolute atomic E-state index is 0.00530. The predicted molar refractivity (Wildman–Crippen MR) is 59.5 cm³/mol. The summed E-state index contributed by atoms with van der Waals surface area (Å²) in [5.41, 5.74) is -2.88. The minimum atomic E-state index is -4.79. The van der Waals surface area contributed by atoms with Crippen LogP contribution in [0.4, 0.5) is 26.3 Å². The Bertz CT molecular complexity index is 644. The molecule has 114 valence electrons. The molecule has 0 saturated heterocycles. The third-order valence-corrected chi connectivity index (χ3v) is 2.71. The van der Waals surface area contributed by atoms with Crippen LogP contribution in [-0.4, -0.2) is 14.9 Å². The zero-order chi connectivity index (χ0) is 15.8. The first-order chi connectivity index (χ1) is 9.63. The van der Waals surface area contributed by atoms with Crippen LogP contribution in [0.3, 0.4) is 0 Å². The molecule has 9 heteroatoms. The first-order valence-electron chi connectivity index (χ1n) is 5.56. The van der Waals surface area contributed by atoms with Crippen LogP contribution in [0.1, 0.15) is 16.7 Å². The number of hydrogen-bond acceptors (Lipinski definition) is 2. The van der Waals surface area contributed by atoms with Crippen LogP contribution in [0.2, 0.25) is 0 Å². The van der Waals surface area contributed by atoms with Crippen LogP contribution in [0, 0.1) is 0 Å². The van der Waals surface area contributed by atoms with E-state index in [0.29, 0.717) is 23.1 Å². The topological polar surface area (TPSA) is 38.0 Å². The highest BCUT2D eigenvalue weighted by molar-refractivity contribution is 5.45. The zero-order valence-electron chi connectivity index (χ0n) is 10.2. The summed E-state index contributed by atoms with van der Waals surface area (Å²) in [5.74, 6) is 0. The minimum Gasteiger partial charge on any atom is -0.392 e.